The van der Waals surface area contributed by atoms with Gasteiger partial charge in [0, 0.05) is 43.5 Å². The predicted octanol–water partition coefficient (Wildman–Crippen LogP) is 4.96. The Balaban J connectivity index is 1.48. The smallest absolute Gasteiger partial charge is 0.256 e. The highest BCUT2D eigenvalue weighted by Crippen LogP contribution is 2.33. The summed E-state index contributed by atoms with van der Waals surface area (Å²) in [6.45, 7) is 10.6. The SMILES string of the molecule is Cc1cncc2c1c(C[C@H]1CCN(C3CCCNCC3)C1)cn2-c1ccc(F)cc1C(=O)N(C)C(C)C. The molecule has 2 saturated heterocycles. The van der Waals surface area contributed by atoms with E-state index in [4.69, 9.17) is 0 Å². The van der Waals surface area contributed by atoms with Gasteiger partial charge >= 0.3 is 0 Å². The lowest BCUT2D eigenvalue weighted by molar-refractivity contribution is 0.0754. The highest BCUT2D eigenvalue weighted by molar-refractivity contribution is 5.99. The number of fused-ring (bicyclic) bond motifs is 1. The zero-order valence-corrected chi connectivity index (χ0v) is 22.6. The Bertz CT molecular complexity index is 1260. The van der Waals surface area contributed by atoms with E-state index in [9.17, 15) is 9.18 Å². The first kappa shape index (κ1) is 25.9. The Morgan fingerprint density at radius 3 is 2.86 bits per heavy atom. The molecule has 0 spiro atoms. The van der Waals surface area contributed by atoms with Crippen LogP contribution < -0.4 is 5.32 Å². The minimum atomic E-state index is -0.407. The monoisotopic (exact) mass is 505 g/mol. The van der Waals surface area contributed by atoms with Crippen LogP contribution in [0, 0.1) is 18.7 Å². The van der Waals surface area contributed by atoms with Crippen molar-refractivity contribution in [1.82, 2.24) is 24.7 Å². The minimum absolute atomic E-state index is 0.0130. The predicted molar refractivity (Wildman–Crippen MR) is 147 cm³/mol. The van der Waals surface area contributed by atoms with Gasteiger partial charge in [-0.05, 0) is 108 Å². The van der Waals surface area contributed by atoms with Gasteiger partial charge in [-0.2, -0.15) is 0 Å². The molecule has 2 aliphatic heterocycles. The molecule has 0 bridgehead atoms. The summed E-state index contributed by atoms with van der Waals surface area (Å²) in [5.74, 6) is 0.0112. The van der Waals surface area contributed by atoms with Crippen LogP contribution in [0.5, 0.6) is 0 Å². The number of amides is 1. The Morgan fingerprint density at radius 2 is 2.05 bits per heavy atom. The fourth-order valence-corrected chi connectivity index (χ4v) is 6.15. The molecular weight excluding hydrogens is 465 g/mol. The van der Waals surface area contributed by atoms with Crippen LogP contribution in [0.15, 0.2) is 36.8 Å². The fraction of sp³-hybridized carbons (Fsp3) is 0.533. The summed E-state index contributed by atoms with van der Waals surface area (Å²) in [6, 6.07) is 5.23. The van der Waals surface area contributed by atoms with E-state index in [1.807, 2.05) is 26.2 Å². The molecule has 0 saturated carbocycles. The molecule has 4 heterocycles. The Morgan fingerprint density at radius 1 is 1.22 bits per heavy atom. The third kappa shape index (κ3) is 5.30. The molecule has 0 radical (unpaired) electrons. The number of nitrogens with zero attached hydrogens (tertiary/aromatic N) is 4. The van der Waals surface area contributed by atoms with Crippen molar-refractivity contribution in [2.75, 3.05) is 33.2 Å². The highest BCUT2D eigenvalue weighted by Gasteiger charge is 2.30. The van der Waals surface area contributed by atoms with Gasteiger partial charge in [-0.25, -0.2) is 4.39 Å². The zero-order chi connectivity index (χ0) is 26.1. The van der Waals surface area contributed by atoms with Gasteiger partial charge in [-0.3, -0.25) is 9.78 Å². The van der Waals surface area contributed by atoms with Gasteiger partial charge in [-0.1, -0.05) is 0 Å². The highest BCUT2D eigenvalue weighted by atomic mass is 19.1. The Hall–Kier alpha value is -2.77. The lowest BCUT2D eigenvalue weighted by atomic mass is 9.97. The Labute approximate surface area is 219 Å². The summed E-state index contributed by atoms with van der Waals surface area (Å²) >= 11 is 0. The number of aromatic nitrogens is 2. The van der Waals surface area contributed by atoms with Gasteiger partial charge in [0.2, 0.25) is 0 Å². The maximum Gasteiger partial charge on any atom is 0.256 e. The van der Waals surface area contributed by atoms with Crippen molar-refractivity contribution >= 4 is 16.8 Å². The molecule has 3 aromatic rings. The van der Waals surface area contributed by atoms with Crippen LogP contribution >= 0.6 is 0 Å². The van der Waals surface area contributed by atoms with Crippen molar-refractivity contribution in [2.45, 2.75) is 65.0 Å². The number of carbonyl (C=O) groups excluding carboxylic acids is 1. The third-order valence-corrected chi connectivity index (χ3v) is 8.41. The summed E-state index contributed by atoms with van der Waals surface area (Å²) in [7, 11) is 1.77. The molecule has 1 aromatic carbocycles. The lowest BCUT2D eigenvalue weighted by Gasteiger charge is -2.26. The van der Waals surface area contributed by atoms with Crippen LogP contribution in [-0.2, 0) is 6.42 Å². The van der Waals surface area contributed by atoms with Crippen molar-refractivity contribution in [1.29, 1.82) is 0 Å². The minimum Gasteiger partial charge on any atom is -0.339 e. The summed E-state index contributed by atoms with van der Waals surface area (Å²) in [5.41, 5.74) is 4.44. The number of halogens is 1. The molecule has 5 rings (SSSR count). The van der Waals surface area contributed by atoms with E-state index >= 15 is 0 Å². The van der Waals surface area contributed by atoms with Gasteiger partial charge in [0.25, 0.3) is 5.91 Å². The molecule has 2 aromatic heterocycles. The van der Waals surface area contributed by atoms with E-state index in [0.29, 0.717) is 23.2 Å². The van der Waals surface area contributed by atoms with E-state index < -0.39 is 5.82 Å². The summed E-state index contributed by atoms with van der Waals surface area (Å²) in [5, 5.41) is 4.74. The number of benzene rings is 1. The maximum atomic E-state index is 14.4. The molecule has 2 aliphatic rings. The molecule has 0 aliphatic carbocycles. The standard InChI is InChI=1S/C30H40FN5O/c1-20(2)34(4)30(37)26-15-24(31)7-8-27(26)36-19-23(29-21(3)16-33-17-28(29)36)14-22-10-13-35(18-22)25-6-5-11-32-12-9-25/h7-8,15-17,19-20,22,25,32H,5-6,9-14,18H2,1-4H3/t22-,25?/m1/s1. The number of likely N-dealkylation sites (tertiary alicyclic amines) is 1. The summed E-state index contributed by atoms with van der Waals surface area (Å²) in [4.78, 5) is 22.2. The molecule has 37 heavy (non-hydrogen) atoms. The lowest BCUT2D eigenvalue weighted by Crippen LogP contribution is -2.34. The molecule has 198 valence electrons. The number of pyridine rings is 1. The second kappa shape index (κ2) is 10.9. The first-order chi connectivity index (χ1) is 17.8. The van der Waals surface area contributed by atoms with E-state index in [1.165, 1.54) is 55.3 Å². The molecule has 6 nitrogen and oxygen atoms in total. The third-order valence-electron chi connectivity index (χ3n) is 8.41. The second-order valence-corrected chi connectivity index (χ2v) is 11.2. The number of hydrogen-bond donors (Lipinski definition) is 1. The number of aryl methyl sites for hydroxylation is 1. The normalized spacial score (nSPS) is 21.0. The van der Waals surface area contributed by atoms with Crippen LogP contribution in [0.2, 0.25) is 0 Å². The molecule has 1 amide bonds. The number of rotatable bonds is 6. The molecule has 2 fully saturated rings. The zero-order valence-electron chi connectivity index (χ0n) is 22.6. The molecule has 2 atom stereocenters. The van der Waals surface area contributed by atoms with Crippen LogP contribution in [0.25, 0.3) is 16.6 Å². The topological polar surface area (TPSA) is 53.4 Å². The van der Waals surface area contributed by atoms with Crippen molar-refractivity contribution in [3.8, 4) is 5.69 Å². The summed E-state index contributed by atoms with van der Waals surface area (Å²) in [6.07, 6.45) is 11.9. The fourth-order valence-electron chi connectivity index (χ4n) is 6.15. The van der Waals surface area contributed by atoms with Crippen molar-refractivity contribution in [2.24, 2.45) is 5.92 Å². The molecule has 1 unspecified atom stereocenters. The van der Waals surface area contributed by atoms with Gasteiger partial charge in [0.05, 0.1) is 23.0 Å². The molecule has 7 heteroatoms. The summed E-state index contributed by atoms with van der Waals surface area (Å²) < 4.78 is 16.4. The maximum absolute atomic E-state index is 14.4. The van der Waals surface area contributed by atoms with Crippen LogP contribution in [-0.4, -0.2) is 70.6 Å². The first-order valence-corrected chi connectivity index (χ1v) is 13.8. The quantitative estimate of drug-likeness (QED) is 0.515. The van der Waals surface area contributed by atoms with Crippen LogP contribution in [0.4, 0.5) is 4.39 Å². The molecule has 1 N–H and O–H groups in total. The van der Waals surface area contributed by atoms with Crippen molar-refractivity contribution < 1.29 is 9.18 Å². The second-order valence-electron chi connectivity index (χ2n) is 11.2. The van der Waals surface area contributed by atoms with Gasteiger partial charge in [-0.15, -0.1) is 0 Å². The van der Waals surface area contributed by atoms with Crippen molar-refractivity contribution in [3.63, 3.8) is 0 Å². The number of nitrogens with one attached hydrogen (secondary N) is 1. The van der Waals surface area contributed by atoms with E-state index in [1.54, 1.807) is 18.0 Å². The van der Waals surface area contributed by atoms with E-state index in [-0.39, 0.29) is 11.9 Å². The number of hydrogen-bond acceptors (Lipinski definition) is 4. The van der Waals surface area contributed by atoms with Gasteiger partial charge in [0.15, 0.2) is 0 Å². The van der Waals surface area contributed by atoms with Crippen LogP contribution in [0.1, 0.15) is 61.0 Å². The first-order valence-electron chi connectivity index (χ1n) is 13.8. The van der Waals surface area contributed by atoms with Gasteiger partial charge in [0.1, 0.15) is 5.82 Å². The van der Waals surface area contributed by atoms with Gasteiger partial charge < -0.3 is 19.7 Å². The average Bonchev–Trinajstić information content (AvgIpc) is 3.39. The largest absolute Gasteiger partial charge is 0.339 e. The van der Waals surface area contributed by atoms with E-state index in [0.717, 1.165) is 37.1 Å². The molecular formula is C30H40FN5O. The number of carbonyl (C=O) groups is 1. The van der Waals surface area contributed by atoms with Crippen LogP contribution in [0.3, 0.4) is 0 Å². The van der Waals surface area contributed by atoms with E-state index in [2.05, 4.69) is 32.9 Å². The van der Waals surface area contributed by atoms with Crippen molar-refractivity contribution in [3.05, 3.63) is 59.3 Å². The Kier molecular flexibility index (Phi) is 7.63. The average molecular weight is 506 g/mol.